The van der Waals surface area contributed by atoms with Gasteiger partial charge in [0.2, 0.25) is 5.91 Å². The van der Waals surface area contributed by atoms with Crippen molar-refractivity contribution in [1.29, 1.82) is 0 Å². The number of pyridine rings is 1. The van der Waals surface area contributed by atoms with Gasteiger partial charge in [-0.1, -0.05) is 19.1 Å². The number of fused-ring (bicyclic) bond motifs is 1. The molecule has 0 saturated heterocycles. The molecule has 1 amide bonds. The molecule has 0 aliphatic rings. The molecule has 112 valence electrons. The van der Waals surface area contributed by atoms with Crippen LogP contribution in [-0.2, 0) is 11.2 Å². The molecular formula is C17H22N2O2. The number of H-pyrrole nitrogens is 1. The van der Waals surface area contributed by atoms with E-state index >= 15 is 0 Å². The Bertz CT molecular complexity index is 703. The maximum absolute atomic E-state index is 11.8. The van der Waals surface area contributed by atoms with Crippen LogP contribution in [0, 0.1) is 6.92 Å². The Hall–Kier alpha value is -2.10. The van der Waals surface area contributed by atoms with Gasteiger partial charge in [-0.25, -0.2) is 0 Å². The fourth-order valence-corrected chi connectivity index (χ4v) is 2.22. The molecule has 0 fully saturated rings. The van der Waals surface area contributed by atoms with E-state index in [2.05, 4.69) is 10.3 Å². The highest BCUT2D eigenvalue weighted by molar-refractivity contribution is 5.80. The highest BCUT2D eigenvalue weighted by Gasteiger charge is 2.06. The summed E-state index contributed by atoms with van der Waals surface area (Å²) in [6.45, 7) is 5.85. The van der Waals surface area contributed by atoms with Gasteiger partial charge in [0.1, 0.15) is 0 Å². The number of hydrogen-bond acceptors (Lipinski definition) is 2. The van der Waals surface area contributed by atoms with Gasteiger partial charge in [0.05, 0.1) is 0 Å². The molecule has 4 nitrogen and oxygen atoms in total. The minimum atomic E-state index is -0.0610. The van der Waals surface area contributed by atoms with E-state index in [1.165, 1.54) is 0 Å². The van der Waals surface area contributed by atoms with Crippen LogP contribution < -0.4 is 10.9 Å². The summed E-state index contributed by atoms with van der Waals surface area (Å²) in [6.07, 6.45) is 2.07. The smallest absolute Gasteiger partial charge is 0.251 e. The van der Waals surface area contributed by atoms with E-state index < -0.39 is 0 Å². The maximum Gasteiger partial charge on any atom is 0.251 e. The minimum Gasteiger partial charge on any atom is -0.354 e. The fraction of sp³-hybridized carbons (Fsp3) is 0.412. The van der Waals surface area contributed by atoms with Gasteiger partial charge in [-0.05, 0) is 49.8 Å². The van der Waals surface area contributed by atoms with Gasteiger partial charge >= 0.3 is 0 Å². The van der Waals surface area contributed by atoms with Crippen LogP contribution in [0.1, 0.15) is 37.8 Å². The highest BCUT2D eigenvalue weighted by Crippen LogP contribution is 2.14. The normalized spacial score (nSPS) is 12.3. The van der Waals surface area contributed by atoms with Crippen molar-refractivity contribution < 1.29 is 4.79 Å². The number of aromatic nitrogens is 1. The minimum absolute atomic E-state index is 0.0610. The van der Waals surface area contributed by atoms with E-state index in [1.807, 2.05) is 38.1 Å². The molecule has 0 spiro atoms. The SMILES string of the molecule is CCC(C)NC(=O)CCc1ccc2cc(C)c(=O)[nH]c2c1. The largest absolute Gasteiger partial charge is 0.354 e. The number of rotatable bonds is 5. The first-order chi connectivity index (χ1) is 9.99. The van der Waals surface area contributed by atoms with Crippen molar-refractivity contribution >= 4 is 16.8 Å². The predicted octanol–water partition coefficient (Wildman–Crippen LogP) is 2.68. The van der Waals surface area contributed by atoms with Crippen molar-refractivity contribution in [3.8, 4) is 0 Å². The van der Waals surface area contributed by atoms with Crippen molar-refractivity contribution in [1.82, 2.24) is 10.3 Å². The number of hydrogen-bond donors (Lipinski definition) is 2. The Kier molecular flexibility index (Phi) is 4.78. The van der Waals surface area contributed by atoms with Crippen LogP contribution in [0.2, 0.25) is 0 Å². The average Bonchev–Trinajstić information content (AvgIpc) is 2.46. The molecule has 1 atom stereocenters. The molecule has 0 bridgehead atoms. The van der Waals surface area contributed by atoms with Crippen LogP contribution in [0.3, 0.4) is 0 Å². The molecule has 1 aromatic carbocycles. The Morgan fingerprint density at radius 1 is 1.33 bits per heavy atom. The van der Waals surface area contributed by atoms with Crippen LogP contribution in [0.15, 0.2) is 29.1 Å². The number of carbonyl (C=O) groups is 1. The lowest BCUT2D eigenvalue weighted by Gasteiger charge is -2.11. The summed E-state index contributed by atoms with van der Waals surface area (Å²) in [6, 6.07) is 8.05. The van der Waals surface area contributed by atoms with E-state index in [0.717, 1.165) is 22.9 Å². The second kappa shape index (κ2) is 6.57. The van der Waals surface area contributed by atoms with Crippen LogP contribution in [0.25, 0.3) is 10.9 Å². The molecule has 2 aromatic rings. The maximum atomic E-state index is 11.8. The van der Waals surface area contributed by atoms with E-state index in [4.69, 9.17) is 0 Å². The fourth-order valence-electron chi connectivity index (χ4n) is 2.22. The summed E-state index contributed by atoms with van der Waals surface area (Å²) in [5.41, 5.74) is 2.53. The zero-order valence-corrected chi connectivity index (χ0v) is 12.8. The molecule has 0 saturated carbocycles. The first kappa shape index (κ1) is 15.3. The van der Waals surface area contributed by atoms with Crippen molar-refractivity contribution in [2.75, 3.05) is 0 Å². The van der Waals surface area contributed by atoms with Crippen molar-refractivity contribution in [3.63, 3.8) is 0 Å². The van der Waals surface area contributed by atoms with Gasteiger partial charge in [-0.3, -0.25) is 9.59 Å². The Balaban J connectivity index is 2.08. The van der Waals surface area contributed by atoms with Crippen LogP contribution in [-0.4, -0.2) is 16.9 Å². The summed E-state index contributed by atoms with van der Waals surface area (Å²) in [7, 11) is 0. The molecular weight excluding hydrogens is 264 g/mol. The molecule has 21 heavy (non-hydrogen) atoms. The van der Waals surface area contributed by atoms with Crippen LogP contribution in [0.4, 0.5) is 0 Å². The van der Waals surface area contributed by atoms with E-state index in [-0.39, 0.29) is 17.5 Å². The van der Waals surface area contributed by atoms with Gasteiger partial charge in [0.15, 0.2) is 0 Å². The molecule has 0 aliphatic heterocycles. The predicted molar refractivity (Wildman–Crippen MR) is 85.5 cm³/mol. The Morgan fingerprint density at radius 2 is 2.10 bits per heavy atom. The van der Waals surface area contributed by atoms with Crippen LogP contribution >= 0.6 is 0 Å². The Morgan fingerprint density at radius 3 is 2.81 bits per heavy atom. The second-order valence-corrected chi connectivity index (χ2v) is 5.58. The monoisotopic (exact) mass is 286 g/mol. The lowest BCUT2D eigenvalue weighted by molar-refractivity contribution is -0.121. The van der Waals surface area contributed by atoms with Crippen molar-refractivity contribution in [3.05, 3.63) is 45.7 Å². The number of benzene rings is 1. The summed E-state index contributed by atoms with van der Waals surface area (Å²) in [4.78, 5) is 26.3. The van der Waals surface area contributed by atoms with E-state index in [1.54, 1.807) is 6.92 Å². The van der Waals surface area contributed by atoms with Gasteiger partial charge < -0.3 is 10.3 Å². The number of aryl methyl sites for hydroxylation is 2. The molecule has 4 heteroatoms. The zero-order valence-electron chi connectivity index (χ0n) is 12.8. The highest BCUT2D eigenvalue weighted by atomic mass is 16.1. The topological polar surface area (TPSA) is 62.0 Å². The van der Waals surface area contributed by atoms with E-state index in [9.17, 15) is 9.59 Å². The zero-order chi connectivity index (χ0) is 15.4. The first-order valence-electron chi connectivity index (χ1n) is 7.41. The third-order valence-corrected chi connectivity index (χ3v) is 3.76. The van der Waals surface area contributed by atoms with E-state index in [0.29, 0.717) is 18.4 Å². The molecule has 0 radical (unpaired) electrons. The summed E-state index contributed by atoms with van der Waals surface area (Å²) in [5, 5.41) is 3.97. The summed E-state index contributed by atoms with van der Waals surface area (Å²) in [5.74, 6) is 0.0712. The van der Waals surface area contributed by atoms with Gasteiger partial charge in [0, 0.05) is 23.5 Å². The summed E-state index contributed by atoms with van der Waals surface area (Å²) >= 11 is 0. The number of nitrogens with one attached hydrogen (secondary N) is 2. The quantitative estimate of drug-likeness (QED) is 0.887. The van der Waals surface area contributed by atoms with Crippen molar-refractivity contribution in [2.24, 2.45) is 0 Å². The molecule has 0 aliphatic carbocycles. The van der Waals surface area contributed by atoms with Gasteiger partial charge in [-0.2, -0.15) is 0 Å². The number of aromatic amines is 1. The Labute approximate surface area is 124 Å². The number of carbonyl (C=O) groups excluding carboxylic acids is 1. The average molecular weight is 286 g/mol. The van der Waals surface area contributed by atoms with Crippen LogP contribution in [0.5, 0.6) is 0 Å². The molecule has 1 heterocycles. The standard InChI is InChI=1S/C17H22N2O2/c1-4-12(3)18-16(20)8-6-13-5-7-14-9-11(2)17(21)19-15(14)10-13/h5,7,9-10,12H,4,6,8H2,1-3H3,(H,18,20)(H,19,21). The van der Waals surface area contributed by atoms with Gasteiger partial charge in [-0.15, -0.1) is 0 Å². The second-order valence-electron chi connectivity index (χ2n) is 5.58. The molecule has 1 unspecified atom stereocenters. The third kappa shape index (κ3) is 3.94. The number of amides is 1. The molecule has 2 rings (SSSR count). The summed E-state index contributed by atoms with van der Waals surface area (Å²) < 4.78 is 0. The molecule has 2 N–H and O–H groups in total. The molecule has 1 aromatic heterocycles. The third-order valence-electron chi connectivity index (χ3n) is 3.76. The van der Waals surface area contributed by atoms with Gasteiger partial charge in [0.25, 0.3) is 5.56 Å². The first-order valence-corrected chi connectivity index (χ1v) is 7.41. The lowest BCUT2D eigenvalue weighted by Crippen LogP contribution is -2.31. The van der Waals surface area contributed by atoms with Crippen molar-refractivity contribution in [2.45, 2.75) is 46.1 Å². The lowest BCUT2D eigenvalue weighted by atomic mass is 10.1.